The molecular weight excluding hydrogens is 180 g/mol. The van der Waals surface area contributed by atoms with Crippen LogP contribution >= 0.6 is 0 Å². The average molecular weight is 190 g/mol. The first-order valence-electron chi connectivity index (χ1n) is 4.40. The Labute approximate surface area is 80.4 Å². The van der Waals surface area contributed by atoms with Crippen LogP contribution in [0, 0.1) is 0 Å². The lowest BCUT2D eigenvalue weighted by Gasteiger charge is -1.95. The first kappa shape index (κ1) is 8.68. The monoisotopic (exact) mass is 190 g/mol. The highest BCUT2D eigenvalue weighted by atomic mass is 16.1. The Balaban J connectivity index is 2.52. The Morgan fingerprint density at radius 3 is 3.00 bits per heavy atom. The second-order valence-corrected chi connectivity index (χ2v) is 2.85. The van der Waals surface area contributed by atoms with Gasteiger partial charge in [0.1, 0.15) is 5.82 Å². The fourth-order valence-corrected chi connectivity index (χ4v) is 1.18. The van der Waals surface area contributed by atoms with Crippen LogP contribution in [0.4, 0.5) is 0 Å². The number of hydrogen-bond donors (Lipinski definition) is 1. The van der Waals surface area contributed by atoms with E-state index in [-0.39, 0.29) is 5.69 Å². The van der Waals surface area contributed by atoms with E-state index >= 15 is 0 Å². The molecule has 2 heterocycles. The number of H-pyrrole nitrogens is 1. The summed E-state index contributed by atoms with van der Waals surface area (Å²) in [5, 5.41) is 4.11. The molecule has 2 aromatic rings. The van der Waals surface area contributed by atoms with Crippen LogP contribution in [0.15, 0.2) is 29.3 Å². The second kappa shape index (κ2) is 3.45. The molecule has 0 aromatic carbocycles. The number of hydrogen-bond acceptors (Lipinski definition) is 3. The van der Waals surface area contributed by atoms with Crippen molar-refractivity contribution in [2.45, 2.75) is 13.3 Å². The van der Waals surface area contributed by atoms with Gasteiger partial charge in [-0.25, -0.2) is 4.79 Å². The first-order valence-corrected chi connectivity index (χ1v) is 4.40. The number of aromatic amines is 1. The number of nitrogens with one attached hydrogen (secondary N) is 1. The standard InChI is InChI=1S/C9H10N4O/c1-2-8-11-9(14)13(12-8)7-4-3-5-10-6-7/h3-6H,2H2,1H3,(H,11,12,14). The number of aryl methyl sites for hydroxylation is 1. The molecule has 14 heavy (non-hydrogen) atoms. The van der Waals surface area contributed by atoms with Crippen LogP contribution in [-0.2, 0) is 6.42 Å². The smallest absolute Gasteiger partial charge is 0.292 e. The molecule has 0 saturated heterocycles. The molecule has 0 atom stereocenters. The zero-order valence-corrected chi connectivity index (χ0v) is 7.77. The van der Waals surface area contributed by atoms with Crippen LogP contribution in [0.3, 0.4) is 0 Å². The second-order valence-electron chi connectivity index (χ2n) is 2.85. The quantitative estimate of drug-likeness (QED) is 0.750. The molecule has 0 spiro atoms. The molecule has 5 heteroatoms. The highest BCUT2D eigenvalue weighted by molar-refractivity contribution is 5.25. The molecule has 0 aliphatic heterocycles. The van der Waals surface area contributed by atoms with E-state index in [4.69, 9.17) is 0 Å². The van der Waals surface area contributed by atoms with Gasteiger partial charge in [-0.2, -0.15) is 9.78 Å². The minimum Gasteiger partial charge on any atom is -0.292 e. The largest absolute Gasteiger partial charge is 0.348 e. The number of rotatable bonds is 2. The fraction of sp³-hybridized carbons (Fsp3) is 0.222. The summed E-state index contributed by atoms with van der Waals surface area (Å²) >= 11 is 0. The third-order valence-electron chi connectivity index (χ3n) is 1.89. The molecule has 72 valence electrons. The van der Waals surface area contributed by atoms with Gasteiger partial charge in [-0.15, -0.1) is 0 Å². The van der Waals surface area contributed by atoms with Gasteiger partial charge in [0.25, 0.3) is 0 Å². The molecule has 0 saturated carbocycles. The Morgan fingerprint density at radius 1 is 1.57 bits per heavy atom. The van der Waals surface area contributed by atoms with Gasteiger partial charge in [0.15, 0.2) is 0 Å². The maximum atomic E-state index is 11.4. The molecule has 2 aromatic heterocycles. The summed E-state index contributed by atoms with van der Waals surface area (Å²) in [4.78, 5) is 18.0. The van der Waals surface area contributed by atoms with Crippen molar-refractivity contribution in [1.29, 1.82) is 0 Å². The molecule has 0 bridgehead atoms. The van der Waals surface area contributed by atoms with Gasteiger partial charge in [0, 0.05) is 12.6 Å². The minimum atomic E-state index is -0.227. The van der Waals surface area contributed by atoms with E-state index in [1.807, 2.05) is 6.92 Å². The number of nitrogens with zero attached hydrogens (tertiary/aromatic N) is 3. The van der Waals surface area contributed by atoms with Crippen molar-refractivity contribution in [3.63, 3.8) is 0 Å². The zero-order chi connectivity index (χ0) is 9.97. The normalized spacial score (nSPS) is 10.4. The summed E-state index contributed by atoms with van der Waals surface area (Å²) in [6, 6.07) is 3.55. The lowest BCUT2D eigenvalue weighted by molar-refractivity contribution is 0.815. The highest BCUT2D eigenvalue weighted by Gasteiger charge is 2.04. The summed E-state index contributed by atoms with van der Waals surface area (Å²) in [6.45, 7) is 1.94. The van der Waals surface area contributed by atoms with Gasteiger partial charge >= 0.3 is 5.69 Å². The van der Waals surface area contributed by atoms with Gasteiger partial charge < -0.3 is 0 Å². The molecule has 0 aliphatic carbocycles. The molecule has 0 aliphatic rings. The third kappa shape index (κ3) is 1.44. The molecule has 0 fully saturated rings. The summed E-state index contributed by atoms with van der Waals surface area (Å²) in [5.41, 5.74) is 0.448. The van der Waals surface area contributed by atoms with Gasteiger partial charge in [-0.05, 0) is 12.1 Å². The van der Waals surface area contributed by atoms with Gasteiger partial charge in [-0.1, -0.05) is 6.92 Å². The third-order valence-corrected chi connectivity index (χ3v) is 1.89. The SMILES string of the molecule is CCc1nn(-c2cccnc2)c(=O)[nH]1. The molecule has 0 amide bonds. The average Bonchev–Trinajstić information content (AvgIpc) is 2.61. The van der Waals surface area contributed by atoms with Crippen LogP contribution in [0.25, 0.3) is 5.69 Å². The van der Waals surface area contributed by atoms with E-state index in [1.54, 1.807) is 24.5 Å². The van der Waals surface area contributed by atoms with Crippen molar-refractivity contribution in [2.24, 2.45) is 0 Å². The summed E-state index contributed by atoms with van der Waals surface area (Å²) in [6.07, 6.45) is 3.96. The summed E-state index contributed by atoms with van der Waals surface area (Å²) in [7, 11) is 0. The van der Waals surface area contributed by atoms with E-state index in [1.165, 1.54) is 4.68 Å². The van der Waals surface area contributed by atoms with Crippen molar-refractivity contribution < 1.29 is 0 Å². The van der Waals surface area contributed by atoms with Crippen molar-refractivity contribution in [1.82, 2.24) is 19.7 Å². The van der Waals surface area contributed by atoms with E-state index in [2.05, 4.69) is 15.1 Å². The van der Waals surface area contributed by atoms with E-state index in [0.29, 0.717) is 17.9 Å². The van der Waals surface area contributed by atoms with Gasteiger partial charge in [0.2, 0.25) is 0 Å². The fourth-order valence-electron chi connectivity index (χ4n) is 1.18. The van der Waals surface area contributed by atoms with Crippen molar-refractivity contribution in [3.05, 3.63) is 40.8 Å². The maximum Gasteiger partial charge on any atom is 0.348 e. The lowest BCUT2D eigenvalue weighted by Crippen LogP contribution is -2.15. The topological polar surface area (TPSA) is 63.6 Å². The molecule has 0 unspecified atom stereocenters. The van der Waals surface area contributed by atoms with E-state index in [0.717, 1.165) is 0 Å². The van der Waals surface area contributed by atoms with Gasteiger partial charge in [0.05, 0.1) is 11.9 Å². The number of pyridine rings is 1. The Kier molecular flexibility index (Phi) is 2.14. The summed E-state index contributed by atoms with van der Waals surface area (Å²) in [5.74, 6) is 0.679. The van der Waals surface area contributed by atoms with Crippen LogP contribution in [-0.4, -0.2) is 19.7 Å². The van der Waals surface area contributed by atoms with Crippen LogP contribution in [0.5, 0.6) is 0 Å². The highest BCUT2D eigenvalue weighted by Crippen LogP contribution is 1.99. The Morgan fingerprint density at radius 2 is 2.43 bits per heavy atom. The van der Waals surface area contributed by atoms with Crippen molar-refractivity contribution in [2.75, 3.05) is 0 Å². The zero-order valence-electron chi connectivity index (χ0n) is 7.77. The Hall–Kier alpha value is -1.91. The van der Waals surface area contributed by atoms with Crippen LogP contribution in [0.2, 0.25) is 0 Å². The molecular formula is C9H10N4O. The van der Waals surface area contributed by atoms with Crippen LogP contribution in [0.1, 0.15) is 12.7 Å². The van der Waals surface area contributed by atoms with Crippen LogP contribution < -0.4 is 5.69 Å². The van der Waals surface area contributed by atoms with E-state index in [9.17, 15) is 4.79 Å². The van der Waals surface area contributed by atoms with E-state index < -0.39 is 0 Å². The molecule has 2 rings (SSSR count). The molecule has 1 N–H and O–H groups in total. The maximum absolute atomic E-state index is 11.4. The Bertz CT molecular complexity index is 471. The minimum absolute atomic E-state index is 0.227. The molecule has 5 nitrogen and oxygen atoms in total. The number of aromatic nitrogens is 4. The molecule has 0 radical (unpaired) electrons. The predicted octanol–water partition coefficient (Wildman–Crippen LogP) is 0.518. The first-order chi connectivity index (χ1) is 6.81. The summed E-state index contributed by atoms with van der Waals surface area (Å²) < 4.78 is 1.31. The lowest BCUT2D eigenvalue weighted by atomic mass is 10.4. The van der Waals surface area contributed by atoms with Crippen molar-refractivity contribution >= 4 is 0 Å². The van der Waals surface area contributed by atoms with Crippen molar-refractivity contribution in [3.8, 4) is 5.69 Å². The predicted molar refractivity (Wildman–Crippen MR) is 51.4 cm³/mol. The van der Waals surface area contributed by atoms with Gasteiger partial charge in [-0.3, -0.25) is 9.97 Å².